The van der Waals surface area contributed by atoms with Gasteiger partial charge in [0.2, 0.25) is 11.8 Å². The normalized spacial score (nSPS) is 15.1. The van der Waals surface area contributed by atoms with Crippen molar-refractivity contribution in [2.75, 3.05) is 18.0 Å². The molecule has 1 fully saturated rings. The molecule has 2 heterocycles. The van der Waals surface area contributed by atoms with Gasteiger partial charge in [0.1, 0.15) is 39.9 Å². The minimum atomic E-state index is -0.780. The number of benzene rings is 1. The van der Waals surface area contributed by atoms with Crippen LogP contribution >= 0.6 is 11.8 Å². The summed E-state index contributed by atoms with van der Waals surface area (Å²) in [6, 6.07) is 12.5. The van der Waals surface area contributed by atoms with E-state index in [1.165, 1.54) is 0 Å². The van der Waals surface area contributed by atoms with Gasteiger partial charge in [-0.25, -0.2) is 9.78 Å². The van der Waals surface area contributed by atoms with Gasteiger partial charge in [-0.3, -0.25) is 9.59 Å². The lowest BCUT2D eigenvalue weighted by Crippen LogP contribution is -2.51. The molecule has 42 heavy (non-hydrogen) atoms. The van der Waals surface area contributed by atoms with Crippen LogP contribution in [0.15, 0.2) is 35.4 Å². The highest BCUT2D eigenvalue weighted by atomic mass is 32.2. The third-order valence-corrected chi connectivity index (χ3v) is 7.94. The largest absolute Gasteiger partial charge is 0.444 e. The van der Waals surface area contributed by atoms with Gasteiger partial charge in [0.25, 0.3) is 0 Å². The van der Waals surface area contributed by atoms with Crippen LogP contribution in [-0.2, 0) is 20.7 Å². The first kappa shape index (κ1) is 32.2. The van der Waals surface area contributed by atoms with Crippen LogP contribution in [0.25, 0.3) is 0 Å². The number of hydrogen-bond donors (Lipinski definition) is 3. The molecule has 2 atom stereocenters. The van der Waals surface area contributed by atoms with Crippen molar-refractivity contribution in [3.8, 4) is 12.1 Å². The van der Waals surface area contributed by atoms with Crippen molar-refractivity contribution in [1.82, 2.24) is 15.6 Å². The van der Waals surface area contributed by atoms with E-state index in [4.69, 9.17) is 15.5 Å². The molecule has 12 heteroatoms. The van der Waals surface area contributed by atoms with Gasteiger partial charge >= 0.3 is 6.09 Å². The molecular weight excluding hydrogens is 554 g/mol. The molecule has 4 N–H and O–H groups in total. The quantitative estimate of drug-likeness (QED) is 0.367. The number of nitriles is 2. The molecule has 0 bridgehead atoms. The average molecular weight is 592 g/mol. The molecule has 1 aromatic heterocycles. The van der Waals surface area contributed by atoms with Crippen LogP contribution in [0.3, 0.4) is 0 Å². The Bertz CT molecular complexity index is 1390. The highest BCUT2D eigenvalue weighted by Gasteiger charge is 2.30. The zero-order valence-corrected chi connectivity index (χ0v) is 25.4. The molecule has 1 saturated heterocycles. The van der Waals surface area contributed by atoms with E-state index >= 15 is 0 Å². The van der Waals surface area contributed by atoms with E-state index in [-0.39, 0.29) is 17.5 Å². The molecule has 1 aromatic carbocycles. The van der Waals surface area contributed by atoms with Crippen LogP contribution in [0.2, 0.25) is 0 Å². The number of nitrogens with two attached hydrogens (primary N) is 1. The fourth-order valence-electron chi connectivity index (χ4n) is 4.64. The number of ether oxygens (including phenoxy) is 1. The van der Waals surface area contributed by atoms with Crippen molar-refractivity contribution in [1.29, 1.82) is 10.5 Å². The number of hydrogen-bond acceptors (Lipinski definition) is 9. The number of carbonyl (C=O) groups is 3. The summed E-state index contributed by atoms with van der Waals surface area (Å²) >= 11 is 1.10. The molecule has 2 aromatic rings. The SMILES string of the molecule is CCc1c(C#N)c(SC(C(N)=O)c2ccccc2)nc(N2CCC(NC(=O)C(C)NC(=O)OC(C)(C)C)CC2)c1C#N. The number of rotatable bonds is 9. The number of aromatic nitrogens is 1. The van der Waals surface area contributed by atoms with Gasteiger partial charge in [-0.05, 0) is 58.1 Å². The molecule has 3 amide bonds. The number of nitrogens with zero attached hydrogens (tertiary/aromatic N) is 4. The van der Waals surface area contributed by atoms with E-state index in [1.807, 2.05) is 30.0 Å². The number of anilines is 1. The number of primary amides is 1. The van der Waals surface area contributed by atoms with Crippen LogP contribution in [-0.4, -0.2) is 53.7 Å². The number of alkyl carbamates (subject to hydrolysis) is 1. The van der Waals surface area contributed by atoms with Crippen molar-refractivity contribution >= 4 is 35.5 Å². The molecule has 3 rings (SSSR count). The highest BCUT2D eigenvalue weighted by Crippen LogP contribution is 2.39. The van der Waals surface area contributed by atoms with Gasteiger partial charge in [-0.15, -0.1) is 0 Å². The molecular formula is C30H37N7O4S. The number of piperidine rings is 1. The van der Waals surface area contributed by atoms with Crippen molar-refractivity contribution < 1.29 is 19.1 Å². The zero-order chi connectivity index (χ0) is 31.0. The minimum absolute atomic E-state index is 0.141. The van der Waals surface area contributed by atoms with Gasteiger partial charge in [0.05, 0.1) is 11.1 Å². The summed E-state index contributed by atoms with van der Waals surface area (Å²) in [5.74, 6) is -0.441. The lowest BCUT2D eigenvalue weighted by molar-refractivity contribution is -0.123. The van der Waals surface area contributed by atoms with E-state index < -0.39 is 28.9 Å². The first-order valence-electron chi connectivity index (χ1n) is 13.8. The van der Waals surface area contributed by atoms with E-state index in [9.17, 15) is 24.9 Å². The minimum Gasteiger partial charge on any atom is -0.444 e. The van der Waals surface area contributed by atoms with E-state index in [0.29, 0.717) is 59.9 Å². The predicted molar refractivity (Wildman–Crippen MR) is 159 cm³/mol. The number of pyridine rings is 1. The topological polar surface area (TPSA) is 174 Å². The van der Waals surface area contributed by atoms with Gasteiger partial charge < -0.3 is 26.0 Å². The highest BCUT2D eigenvalue weighted by molar-refractivity contribution is 8.00. The first-order chi connectivity index (χ1) is 19.9. The maximum Gasteiger partial charge on any atom is 0.408 e. The van der Waals surface area contributed by atoms with E-state index in [2.05, 4.69) is 22.8 Å². The molecule has 0 aliphatic carbocycles. The Balaban J connectivity index is 1.79. The average Bonchev–Trinajstić information content (AvgIpc) is 2.94. The lowest BCUT2D eigenvalue weighted by atomic mass is 9.99. The molecule has 1 aliphatic rings. The number of nitrogens with one attached hydrogen (secondary N) is 2. The Morgan fingerprint density at radius 3 is 2.29 bits per heavy atom. The molecule has 222 valence electrons. The third-order valence-electron chi connectivity index (χ3n) is 6.68. The molecule has 0 spiro atoms. The molecule has 0 radical (unpaired) electrons. The fraction of sp³-hybridized carbons (Fsp3) is 0.467. The maximum atomic E-state index is 12.7. The standard InChI is InChI=1S/C30H37N7O4S/c1-6-21-22(16-31)26(36-28(23(21)17-32)42-24(25(33)38)19-10-8-7-9-11-19)37-14-12-20(13-15-37)35-27(39)18(2)34-29(40)41-30(3,4)5/h7-11,18,20,24H,6,12-15H2,1-5H3,(H2,33,38)(H,34,40)(H,35,39). The molecule has 11 nitrogen and oxygen atoms in total. The fourth-order valence-corrected chi connectivity index (χ4v) is 5.70. The second-order valence-electron chi connectivity index (χ2n) is 11.0. The molecule has 0 saturated carbocycles. The maximum absolute atomic E-state index is 12.7. The Morgan fingerprint density at radius 1 is 1.14 bits per heavy atom. The Morgan fingerprint density at radius 2 is 1.76 bits per heavy atom. The van der Waals surface area contributed by atoms with E-state index in [1.54, 1.807) is 39.8 Å². The van der Waals surface area contributed by atoms with Gasteiger partial charge in [-0.1, -0.05) is 49.0 Å². The second kappa shape index (κ2) is 14.1. The summed E-state index contributed by atoms with van der Waals surface area (Å²) in [7, 11) is 0. The van der Waals surface area contributed by atoms with Gasteiger partial charge in [0, 0.05) is 19.1 Å². The first-order valence-corrected chi connectivity index (χ1v) is 14.7. The van der Waals surface area contributed by atoms with Crippen LogP contribution in [0.1, 0.15) is 75.0 Å². The Hall–Kier alpha value is -4.29. The third kappa shape index (κ3) is 8.14. The summed E-state index contributed by atoms with van der Waals surface area (Å²) in [5.41, 5.74) is 6.92. The van der Waals surface area contributed by atoms with Crippen LogP contribution in [0, 0.1) is 22.7 Å². The molecule has 2 unspecified atom stereocenters. The van der Waals surface area contributed by atoms with Gasteiger partial charge in [-0.2, -0.15) is 10.5 Å². The van der Waals surface area contributed by atoms with Crippen LogP contribution in [0.5, 0.6) is 0 Å². The summed E-state index contributed by atoms with van der Waals surface area (Å²) in [6.45, 7) is 9.69. The van der Waals surface area contributed by atoms with E-state index in [0.717, 1.165) is 11.8 Å². The van der Waals surface area contributed by atoms with Crippen LogP contribution < -0.4 is 21.3 Å². The van der Waals surface area contributed by atoms with Crippen LogP contribution in [0.4, 0.5) is 10.6 Å². The summed E-state index contributed by atoms with van der Waals surface area (Å²) in [5, 5.41) is 25.2. The smallest absolute Gasteiger partial charge is 0.408 e. The summed E-state index contributed by atoms with van der Waals surface area (Å²) in [6.07, 6.45) is 0.920. The zero-order valence-electron chi connectivity index (χ0n) is 24.6. The predicted octanol–water partition coefficient (Wildman–Crippen LogP) is 3.70. The summed E-state index contributed by atoms with van der Waals surface area (Å²) in [4.78, 5) is 43.9. The Labute approximate surface area is 250 Å². The van der Waals surface area contributed by atoms with Crippen molar-refractivity contribution in [2.45, 2.75) is 81.8 Å². The number of carbonyl (C=O) groups excluding carboxylic acids is 3. The van der Waals surface area contributed by atoms with Crippen molar-refractivity contribution in [2.24, 2.45) is 5.73 Å². The van der Waals surface area contributed by atoms with Gasteiger partial charge in [0.15, 0.2) is 0 Å². The molecule has 1 aliphatic heterocycles. The monoisotopic (exact) mass is 591 g/mol. The number of thioether (sulfide) groups is 1. The lowest BCUT2D eigenvalue weighted by Gasteiger charge is -2.34. The summed E-state index contributed by atoms with van der Waals surface area (Å²) < 4.78 is 5.22. The Kier molecular flexibility index (Phi) is 10.8. The second-order valence-corrected chi connectivity index (χ2v) is 12.1. The number of amides is 3. The van der Waals surface area contributed by atoms with Crippen molar-refractivity contribution in [3.05, 3.63) is 52.6 Å². The van der Waals surface area contributed by atoms with Crippen molar-refractivity contribution in [3.63, 3.8) is 0 Å².